The minimum Gasteiger partial charge on any atom is -0.496 e. The maximum absolute atomic E-state index is 12.3. The van der Waals surface area contributed by atoms with E-state index in [4.69, 9.17) is 4.74 Å². The Morgan fingerprint density at radius 3 is 2.56 bits per heavy atom. The third-order valence-corrected chi connectivity index (χ3v) is 5.12. The van der Waals surface area contributed by atoms with E-state index in [1.807, 2.05) is 25.1 Å². The second-order valence-corrected chi connectivity index (χ2v) is 7.33. The molecular weight excluding hydrogens is 340 g/mol. The zero-order valence-electron chi connectivity index (χ0n) is 14.5. The smallest absolute Gasteiger partial charge is 0.241 e. The van der Waals surface area contributed by atoms with Gasteiger partial charge in [-0.3, -0.25) is 4.79 Å². The van der Waals surface area contributed by atoms with Crippen molar-refractivity contribution in [2.45, 2.75) is 25.2 Å². The summed E-state index contributed by atoms with van der Waals surface area (Å²) in [6.07, 6.45) is 0.854. The van der Waals surface area contributed by atoms with Crippen LogP contribution in [0.25, 0.3) is 0 Å². The van der Waals surface area contributed by atoms with Crippen molar-refractivity contribution in [2.24, 2.45) is 0 Å². The molecular formula is C18H22N2O4S. The van der Waals surface area contributed by atoms with E-state index in [9.17, 15) is 13.2 Å². The average Bonchev–Trinajstić information content (AvgIpc) is 2.60. The Labute approximate surface area is 148 Å². The van der Waals surface area contributed by atoms with Gasteiger partial charge in [-0.15, -0.1) is 0 Å². The molecule has 0 atom stereocenters. The van der Waals surface area contributed by atoms with Gasteiger partial charge >= 0.3 is 0 Å². The lowest BCUT2D eigenvalue weighted by Gasteiger charge is -2.10. The van der Waals surface area contributed by atoms with Crippen molar-refractivity contribution in [1.82, 2.24) is 4.72 Å². The Bertz CT molecular complexity index is 863. The van der Waals surface area contributed by atoms with Crippen molar-refractivity contribution in [2.75, 3.05) is 19.0 Å². The molecule has 6 nitrogen and oxygen atoms in total. The summed E-state index contributed by atoms with van der Waals surface area (Å²) in [7, 11) is -2.25. The van der Waals surface area contributed by atoms with E-state index >= 15 is 0 Å². The van der Waals surface area contributed by atoms with Gasteiger partial charge in [0.2, 0.25) is 15.9 Å². The Morgan fingerprint density at radius 2 is 1.92 bits per heavy atom. The number of benzene rings is 2. The van der Waals surface area contributed by atoms with E-state index in [2.05, 4.69) is 10.0 Å². The number of hydrogen-bond donors (Lipinski definition) is 2. The molecule has 2 N–H and O–H groups in total. The molecule has 134 valence electrons. The molecule has 0 aliphatic rings. The van der Waals surface area contributed by atoms with Gasteiger partial charge in [0.15, 0.2) is 0 Å². The van der Waals surface area contributed by atoms with E-state index in [-0.39, 0.29) is 11.4 Å². The Hall–Kier alpha value is -2.38. The summed E-state index contributed by atoms with van der Waals surface area (Å²) in [5.74, 6) is 0.176. The van der Waals surface area contributed by atoms with E-state index in [0.29, 0.717) is 17.0 Å². The van der Waals surface area contributed by atoms with Crippen LogP contribution in [0.15, 0.2) is 47.4 Å². The number of ether oxygens (including phenoxy) is 1. The molecule has 2 rings (SSSR count). The molecule has 2 aromatic rings. The Kier molecular flexibility index (Phi) is 6.17. The van der Waals surface area contributed by atoms with Crippen LogP contribution in [0.3, 0.4) is 0 Å². The molecule has 0 radical (unpaired) electrons. The number of carbonyl (C=O) groups is 1. The highest BCUT2D eigenvalue weighted by atomic mass is 32.2. The molecule has 0 aliphatic carbocycles. The van der Waals surface area contributed by atoms with Gasteiger partial charge in [-0.2, -0.15) is 0 Å². The second-order valence-electron chi connectivity index (χ2n) is 5.56. The summed E-state index contributed by atoms with van der Waals surface area (Å²) in [6, 6.07) is 12.0. The van der Waals surface area contributed by atoms with Crippen molar-refractivity contribution in [3.05, 3.63) is 53.6 Å². The summed E-state index contributed by atoms with van der Waals surface area (Å²) in [5.41, 5.74) is 2.43. The first kappa shape index (κ1) is 19.0. The number of methoxy groups -OCH3 is 1. The molecule has 0 spiro atoms. The number of hydrogen-bond acceptors (Lipinski definition) is 4. The second kappa shape index (κ2) is 8.13. The third-order valence-electron chi connectivity index (χ3n) is 3.72. The van der Waals surface area contributed by atoms with E-state index in [1.54, 1.807) is 19.1 Å². The first-order valence-corrected chi connectivity index (χ1v) is 9.37. The lowest BCUT2D eigenvalue weighted by Crippen LogP contribution is -2.33. The van der Waals surface area contributed by atoms with Crippen LogP contribution < -0.4 is 14.8 Å². The van der Waals surface area contributed by atoms with Crippen LogP contribution in [0.1, 0.15) is 18.1 Å². The third kappa shape index (κ3) is 5.04. The standard InChI is InChI=1S/C18H22N2O4S/c1-4-14-6-5-7-15(11-14)20-18(21)12-19-25(22,23)16-8-9-17(24-3)13(2)10-16/h5-11,19H,4,12H2,1-3H3,(H,20,21). The van der Waals surface area contributed by atoms with Gasteiger partial charge < -0.3 is 10.1 Å². The number of nitrogens with one attached hydrogen (secondary N) is 2. The molecule has 0 saturated heterocycles. The van der Waals surface area contributed by atoms with Crippen molar-refractivity contribution in [3.63, 3.8) is 0 Å². The highest BCUT2D eigenvalue weighted by molar-refractivity contribution is 7.89. The zero-order valence-corrected chi connectivity index (χ0v) is 15.3. The topological polar surface area (TPSA) is 84.5 Å². The fourth-order valence-corrected chi connectivity index (χ4v) is 3.40. The molecule has 0 fully saturated rings. The van der Waals surface area contributed by atoms with Crippen LogP contribution >= 0.6 is 0 Å². The highest BCUT2D eigenvalue weighted by Gasteiger charge is 2.17. The fraction of sp³-hybridized carbons (Fsp3) is 0.278. The van der Waals surface area contributed by atoms with E-state index < -0.39 is 15.9 Å². The van der Waals surface area contributed by atoms with Crippen LogP contribution in [0.5, 0.6) is 5.75 Å². The minimum absolute atomic E-state index is 0.0894. The van der Waals surface area contributed by atoms with Crippen LogP contribution in [-0.2, 0) is 21.2 Å². The molecule has 2 aromatic carbocycles. The van der Waals surface area contributed by atoms with Crippen molar-refractivity contribution in [3.8, 4) is 5.75 Å². The normalized spacial score (nSPS) is 11.2. The van der Waals surface area contributed by atoms with Gasteiger partial charge in [-0.1, -0.05) is 19.1 Å². The van der Waals surface area contributed by atoms with Gasteiger partial charge in [0, 0.05) is 5.69 Å². The Morgan fingerprint density at radius 1 is 1.16 bits per heavy atom. The zero-order chi connectivity index (χ0) is 18.4. The van der Waals surface area contributed by atoms with Gasteiger partial charge in [-0.05, 0) is 54.8 Å². The van der Waals surface area contributed by atoms with Crippen molar-refractivity contribution in [1.29, 1.82) is 0 Å². The van der Waals surface area contributed by atoms with Crippen LogP contribution in [0.2, 0.25) is 0 Å². The average molecular weight is 362 g/mol. The van der Waals surface area contributed by atoms with Crippen LogP contribution in [0.4, 0.5) is 5.69 Å². The number of sulfonamides is 1. The van der Waals surface area contributed by atoms with Gasteiger partial charge in [0.1, 0.15) is 5.75 Å². The predicted molar refractivity (Wildman–Crippen MR) is 97.4 cm³/mol. The largest absolute Gasteiger partial charge is 0.496 e. The van der Waals surface area contributed by atoms with E-state index in [1.165, 1.54) is 19.2 Å². The number of anilines is 1. The maximum atomic E-state index is 12.3. The Balaban J connectivity index is 2.01. The van der Waals surface area contributed by atoms with E-state index in [0.717, 1.165) is 12.0 Å². The monoisotopic (exact) mass is 362 g/mol. The SMILES string of the molecule is CCc1cccc(NC(=O)CNS(=O)(=O)c2ccc(OC)c(C)c2)c1. The molecule has 1 amide bonds. The van der Waals surface area contributed by atoms with Crippen molar-refractivity contribution < 1.29 is 17.9 Å². The first-order chi connectivity index (χ1) is 11.9. The molecule has 0 unspecified atom stereocenters. The van der Waals surface area contributed by atoms with Crippen molar-refractivity contribution >= 4 is 21.6 Å². The summed E-state index contributed by atoms with van der Waals surface area (Å²) >= 11 is 0. The lowest BCUT2D eigenvalue weighted by molar-refractivity contribution is -0.115. The number of amides is 1. The molecule has 7 heteroatoms. The maximum Gasteiger partial charge on any atom is 0.241 e. The first-order valence-electron chi connectivity index (χ1n) is 7.89. The highest BCUT2D eigenvalue weighted by Crippen LogP contribution is 2.21. The van der Waals surface area contributed by atoms with Gasteiger partial charge in [0.05, 0.1) is 18.6 Å². The summed E-state index contributed by atoms with van der Waals surface area (Å²) < 4.78 is 32.0. The number of rotatable bonds is 7. The summed E-state index contributed by atoms with van der Waals surface area (Å²) in [5, 5.41) is 2.68. The minimum atomic E-state index is -3.77. The molecule has 25 heavy (non-hydrogen) atoms. The number of aryl methyl sites for hydroxylation is 2. The summed E-state index contributed by atoms with van der Waals surface area (Å²) in [4.78, 5) is 12.1. The van der Waals surface area contributed by atoms with Crippen LogP contribution in [0, 0.1) is 6.92 Å². The molecule has 0 saturated carbocycles. The van der Waals surface area contributed by atoms with Gasteiger partial charge in [-0.25, -0.2) is 13.1 Å². The molecule has 0 heterocycles. The fourth-order valence-electron chi connectivity index (χ4n) is 2.34. The van der Waals surface area contributed by atoms with Gasteiger partial charge in [0.25, 0.3) is 0 Å². The van der Waals surface area contributed by atoms with Crippen LogP contribution in [-0.4, -0.2) is 28.0 Å². The lowest BCUT2D eigenvalue weighted by atomic mass is 10.1. The molecule has 0 aliphatic heterocycles. The molecule has 0 bridgehead atoms. The predicted octanol–water partition coefficient (Wildman–Crippen LogP) is 2.48. The quantitative estimate of drug-likeness (QED) is 0.792. The summed E-state index contributed by atoms with van der Waals surface area (Å²) in [6.45, 7) is 3.43. The number of carbonyl (C=O) groups excluding carboxylic acids is 1. The molecule has 0 aromatic heterocycles.